The summed E-state index contributed by atoms with van der Waals surface area (Å²) in [5.41, 5.74) is 1.24. The number of aromatic nitrogens is 1. The zero-order chi connectivity index (χ0) is 10.0. The summed E-state index contributed by atoms with van der Waals surface area (Å²) in [6.07, 6.45) is 5.68. The predicted molar refractivity (Wildman–Crippen MR) is 58.7 cm³/mol. The molecule has 1 saturated carbocycles. The van der Waals surface area contributed by atoms with Crippen LogP contribution in [0.25, 0.3) is 0 Å². The van der Waals surface area contributed by atoms with Crippen molar-refractivity contribution in [1.29, 1.82) is 0 Å². The minimum absolute atomic E-state index is 0.0384. The van der Waals surface area contributed by atoms with Crippen molar-refractivity contribution in [3.05, 3.63) is 16.1 Å². The number of thiazole rings is 1. The van der Waals surface area contributed by atoms with Crippen molar-refractivity contribution in [3.8, 4) is 0 Å². The van der Waals surface area contributed by atoms with Gasteiger partial charge in [-0.2, -0.15) is 0 Å². The van der Waals surface area contributed by atoms with E-state index in [2.05, 4.69) is 17.3 Å². The number of nitrogens with zero attached hydrogens (tertiary/aromatic N) is 1. The fourth-order valence-corrected chi connectivity index (χ4v) is 3.07. The Morgan fingerprint density at radius 2 is 2.36 bits per heavy atom. The molecule has 2 rings (SSSR count). The summed E-state index contributed by atoms with van der Waals surface area (Å²) in [4.78, 5) is 4.62. The Hall–Kier alpha value is -0.410. The molecule has 1 aliphatic carbocycles. The highest BCUT2D eigenvalue weighted by atomic mass is 32.1. The normalized spacial score (nSPS) is 19.3. The molecule has 0 bridgehead atoms. The molecular weight excluding hydrogens is 194 g/mol. The predicted octanol–water partition coefficient (Wildman–Crippen LogP) is 2.51. The van der Waals surface area contributed by atoms with E-state index in [1.807, 2.05) is 0 Å². The largest absolute Gasteiger partial charge is 0.395 e. The summed E-state index contributed by atoms with van der Waals surface area (Å²) in [5, 5.41) is 12.7. The molecule has 0 spiro atoms. The van der Waals surface area contributed by atoms with Gasteiger partial charge in [0.1, 0.15) is 5.01 Å². The first-order chi connectivity index (χ1) is 6.80. The lowest BCUT2D eigenvalue weighted by Crippen LogP contribution is -2.37. The van der Waals surface area contributed by atoms with E-state index in [-0.39, 0.29) is 12.0 Å². The molecule has 0 atom stereocenters. The zero-order valence-electron chi connectivity index (χ0n) is 8.62. The van der Waals surface area contributed by atoms with Crippen LogP contribution in [0.3, 0.4) is 0 Å². The Labute approximate surface area is 89.0 Å². The maximum atomic E-state index is 9.40. The Balaban J connectivity index is 2.15. The van der Waals surface area contributed by atoms with Gasteiger partial charge in [-0.1, -0.05) is 19.8 Å². The molecule has 0 radical (unpaired) electrons. The van der Waals surface area contributed by atoms with Gasteiger partial charge >= 0.3 is 0 Å². The maximum Gasteiger partial charge on any atom is 0.101 e. The summed E-state index contributed by atoms with van der Waals surface area (Å²) in [5.74, 6) is 0. The lowest BCUT2D eigenvalue weighted by molar-refractivity contribution is 0.120. The number of aliphatic hydroxyl groups is 1. The van der Waals surface area contributed by atoms with Gasteiger partial charge in [-0.25, -0.2) is 4.98 Å². The van der Waals surface area contributed by atoms with Crippen molar-refractivity contribution in [3.63, 3.8) is 0 Å². The van der Waals surface area contributed by atoms with Gasteiger partial charge in [0.25, 0.3) is 0 Å². The first-order valence-corrected chi connectivity index (χ1v) is 6.24. The third kappa shape index (κ3) is 1.59. The van der Waals surface area contributed by atoms with Crippen LogP contribution in [0.2, 0.25) is 0 Å². The first kappa shape index (κ1) is 10.1. The van der Waals surface area contributed by atoms with Gasteiger partial charge in [0.15, 0.2) is 0 Å². The average Bonchev–Trinajstić information content (AvgIpc) is 2.54. The topological polar surface area (TPSA) is 33.1 Å². The van der Waals surface area contributed by atoms with Crippen LogP contribution in [0, 0.1) is 0 Å². The van der Waals surface area contributed by atoms with E-state index in [0.717, 1.165) is 30.7 Å². The summed E-state index contributed by atoms with van der Waals surface area (Å²) >= 11 is 1.73. The van der Waals surface area contributed by atoms with E-state index >= 15 is 0 Å². The molecule has 0 aliphatic heterocycles. The van der Waals surface area contributed by atoms with Gasteiger partial charge in [0, 0.05) is 10.8 Å². The number of rotatable bonds is 4. The second-order valence-electron chi connectivity index (χ2n) is 4.19. The Kier molecular flexibility index (Phi) is 2.88. The van der Waals surface area contributed by atoms with E-state index in [4.69, 9.17) is 0 Å². The minimum atomic E-state index is 0.0384. The molecule has 0 unspecified atom stereocenters. The number of aliphatic hydroxyl groups excluding tert-OH is 1. The van der Waals surface area contributed by atoms with E-state index in [9.17, 15) is 5.11 Å². The van der Waals surface area contributed by atoms with E-state index in [1.54, 1.807) is 11.3 Å². The Bertz CT molecular complexity index is 298. The second-order valence-corrected chi connectivity index (χ2v) is 5.04. The highest BCUT2D eigenvalue weighted by Crippen LogP contribution is 2.44. The van der Waals surface area contributed by atoms with Crippen molar-refractivity contribution in [2.75, 3.05) is 6.61 Å². The monoisotopic (exact) mass is 211 g/mol. The molecular formula is C11H17NOS. The van der Waals surface area contributed by atoms with Gasteiger partial charge < -0.3 is 5.11 Å². The van der Waals surface area contributed by atoms with Crippen LogP contribution in [0.15, 0.2) is 5.38 Å². The van der Waals surface area contributed by atoms with Crippen molar-refractivity contribution >= 4 is 11.3 Å². The van der Waals surface area contributed by atoms with Gasteiger partial charge in [-0.15, -0.1) is 11.3 Å². The molecule has 78 valence electrons. The average molecular weight is 211 g/mol. The highest BCUT2D eigenvalue weighted by Gasteiger charge is 2.40. The lowest BCUT2D eigenvalue weighted by Gasteiger charge is -2.38. The molecule has 1 N–H and O–H groups in total. The standard InChI is InChI=1S/C11H17NOS/c1-2-4-9-7-14-10(12-9)11(8-13)5-3-6-11/h7,13H,2-6,8H2,1H3. The Morgan fingerprint density at radius 1 is 1.57 bits per heavy atom. The van der Waals surface area contributed by atoms with Crippen molar-refractivity contribution in [2.24, 2.45) is 0 Å². The van der Waals surface area contributed by atoms with E-state index < -0.39 is 0 Å². The summed E-state index contributed by atoms with van der Waals surface area (Å²) in [6.45, 7) is 2.44. The van der Waals surface area contributed by atoms with E-state index in [0.29, 0.717) is 0 Å². The number of aryl methyl sites for hydroxylation is 1. The molecule has 3 heteroatoms. The van der Waals surface area contributed by atoms with Crippen LogP contribution in [0.5, 0.6) is 0 Å². The molecule has 0 amide bonds. The third-order valence-corrected chi connectivity index (χ3v) is 4.26. The van der Waals surface area contributed by atoms with Gasteiger partial charge in [0.2, 0.25) is 0 Å². The first-order valence-electron chi connectivity index (χ1n) is 5.36. The minimum Gasteiger partial charge on any atom is -0.395 e. The quantitative estimate of drug-likeness (QED) is 0.830. The van der Waals surface area contributed by atoms with Crippen LogP contribution in [0.1, 0.15) is 43.3 Å². The lowest BCUT2D eigenvalue weighted by atomic mass is 9.70. The van der Waals surface area contributed by atoms with Crippen LogP contribution >= 0.6 is 11.3 Å². The Morgan fingerprint density at radius 3 is 2.86 bits per heavy atom. The maximum absolute atomic E-state index is 9.40. The molecule has 1 aromatic rings. The molecule has 1 aromatic heterocycles. The number of hydrogen-bond acceptors (Lipinski definition) is 3. The van der Waals surface area contributed by atoms with Crippen LogP contribution in [-0.2, 0) is 11.8 Å². The summed E-state index contributed by atoms with van der Waals surface area (Å²) in [7, 11) is 0. The molecule has 0 aromatic carbocycles. The molecule has 0 saturated heterocycles. The van der Waals surface area contributed by atoms with Crippen LogP contribution in [-0.4, -0.2) is 16.7 Å². The summed E-state index contributed by atoms with van der Waals surface area (Å²) < 4.78 is 0. The fourth-order valence-electron chi connectivity index (χ4n) is 1.96. The second kappa shape index (κ2) is 3.99. The van der Waals surface area contributed by atoms with Gasteiger partial charge in [-0.3, -0.25) is 0 Å². The van der Waals surface area contributed by atoms with Crippen LogP contribution < -0.4 is 0 Å². The van der Waals surface area contributed by atoms with Gasteiger partial charge in [0.05, 0.1) is 12.3 Å². The zero-order valence-corrected chi connectivity index (χ0v) is 9.44. The van der Waals surface area contributed by atoms with Crippen LogP contribution in [0.4, 0.5) is 0 Å². The smallest absolute Gasteiger partial charge is 0.101 e. The molecule has 1 aliphatic rings. The number of hydrogen-bond donors (Lipinski definition) is 1. The van der Waals surface area contributed by atoms with Crippen molar-refractivity contribution in [1.82, 2.24) is 4.98 Å². The molecule has 14 heavy (non-hydrogen) atoms. The molecule has 1 fully saturated rings. The highest BCUT2D eigenvalue weighted by molar-refractivity contribution is 7.09. The van der Waals surface area contributed by atoms with Gasteiger partial charge in [-0.05, 0) is 19.3 Å². The van der Waals surface area contributed by atoms with E-state index in [1.165, 1.54) is 12.1 Å². The van der Waals surface area contributed by atoms with Crippen molar-refractivity contribution in [2.45, 2.75) is 44.4 Å². The summed E-state index contributed by atoms with van der Waals surface area (Å²) in [6, 6.07) is 0. The SMILES string of the molecule is CCCc1csc(C2(CO)CCC2)n1. The fraction of sp³-hybridized carbons (Fsp3) is 0.727. The third-order valence-electron chi connectivity index (χ3n) is 3.12. The molecule has 2 nitrogen and oxygen atoms in total. The van der Waals surface area contributed by atoms with Crippen molar-refractivity contribution < 1.29 is 5.11 Å². The molecule has 1 heterocycles.